The Morgan fingerprint density at radius 3 is 2.76 bits per heavy atom. The van der Waals surface area contributed by atoms with E-state index < -0.39 is 0 Å². The van der Waals surface area contributed by atoms with Crippen molar-refractivity contribution >= 4 is 10.9 Å². The van der Waals surface area contributed by atoms with Gasteiger partial charge in [0.15, 0.2) is 17.3 Å². The van der Waals surface area contributed by atoms with E-state index in [1.54, 1.807) is 11.8 Å². The Bertz CT molecular complexity index is 1490. The van der Waals surface area contributed by atoms with Crippen molar-refractivity contribution in [3.63, 3.8) is 0 Å². The molecule has 1 atom stereocenters. The summed E-state index contributed by atoms with van der Waals surface area (Å²) in [6.45, 7) is 7.28. The third-order valence-corrected chi connectivity index (χ3v) is 7.34. The average Bonchev–Trinajstić information content (AvgIpc) is 3.59. The molecule has 1 fully saturated rings. The molecular weight excluding hydrogens is 486 g/mol. The number of aryl methyl sites for hydroxylation is 1. The average molecular weight is 518 g/mol. The number of hydrogen-bond donors (Lipinski definition) is 1. The third kappa shape index (κ3) is 4.75. The van der Waals surface area contributed by atoms with Gasteiger partial charge < -0.3 is 19.2 Å². The van der Waals surface area contributed by atoms with Gasteiger partial charge in [-0.15, -0.1) is 5.10 Å². The lowest BCUT2D eigenvalue weighted by Gasteiger charge is -2.38. The molecule has 1 N–H and O–H groups in total. The Labute approximate surface area is 219 Å². The number of nitrogens with one attached hydrogen (secondary N) is 1. The molecule has 1 saturated heterocycles. The van der Waals surface area contributed by atoms with Gasteiger partial charge in [0.1, 0.15) is 6.04 Å². The van der Waals surface area contributed by atoms with Crippen LogP contribution in [0.25, 0.3) is 10.9 Å². The molecule has 2 aliphatic rings. The summed E-state index contributed by atoms with van der Waals surface area (Å²) >= 11 is 0. The second-order valence-electron chi connectivity index (χ2n) is 9.75. The number of hydrogen-bond acceptors (Lipinski definition) is 9. The minimum Gasteiger partial charge on any atom is -0.454 e. The predicted octanol–water partition coefficient (Wildman–Crippen LogP) is 2.11. The lowest BCUT2D eigenvalue weighted by atomic mass is 10.0. The molecule has 0 radical (unpaired) electrons. The molecule has 6 rings (SSSR count). The van der Waals surface area contributed by atoms with Crippen LogP contribution in [0.3, 0.4) is 0 Å². The minimum absolute atomic E-state index is 0.124. The van der Waals surface area contributed by atoms with E-state index >= 15 is 0 Å². The lowest BCUT2D eigenvalue weighted by molar-refractivity contribution is 0.0984. The van der Waals surface area contributed by atoms with Crippen molar-refractivity contribution in [1.29, 1.82) is 0 Å². The molecule has 2 aliphatic heterocycles. The summed E-state index contributed by atoms with van der Waals surface area (Å²) in [5.41, 5.74) is 3.59. The van der Waals surface area contributed by atoms with E-state index in [9.17, 15) is 4.79 Å². The van der Waals surface area contributed by atoms with Crippen LogP contribution in [-0.4, -0.2) is 81.7 Å². The van der Waals surface area contributed by atoms with Crippen molar-refractivity contribution in [3.05, 3.63) is 75.3 Å². The zero-order valence-electron chi connectivity index (χ0n) is 21.6. The molecule has 2 aromatic heterocycles. The van der Waals surface area contributed by atoms with E-state index in [-0.39, 0.29) is 18.4 Å². The summed E-state index contributed by atoms with van der Waals surface area (Å²) in [5.74, 6) is 2.24. The highest BCUT2D eigenvalue weighted by molar-refractivity contribution is 5.82. The van der Waals surface area contributed by atoms with Crippen molar-refractivity contribution < 1.29 is 14.2 Å². The molecule has 0 amide bonds. The fourth-order valence-corrected chi connectivity index (χ4v) is 5.32. The summed E-state index contributed by atoms with van der Waals surface area (Å²) in [6, 6.07) is 13.7. The largest absolute Gasteiger partial charge is 0.454 e. The first kappa shape index (κ1) is 24.5. The van der Waals surface area contributed by atoms with Gasteiger partial charge >= 0.3 is 0 Å². The number of nitrogens with zero attached hydrogens (tertiary/aromatic N) is 6. The number of aromatic amines is 1. The summed E-state index contributed by atoms with van der Waals surface area (Å²) in [6.07, 6.45) is 0. The minimum atomic E-state index is -0.386. The van der Waals surface area contributed by atoms with Gasteiger partial charge in [-0.1, -0.05) is 24.3 Å². The molecule has 0 spiro atoms. The van der Waals surface area contributed by atoms with Crippen LogP contribution < -0.4 is 15.0 Å². The SMILES string of the molecule is COCCn1nnnc1C(c1cc2cccc(C)c2[nH]c1=O)N1CCN(Cc2ccc3c(c2)OCO3)CC1. The van der Waals surface area contributed by atoms with Crippen molar-refractivity contribution in [2.75, 3.05) is 46.7 Å². The van der Waals surface area contributed by atoms with Gasteiger partial charge in [-0.2, -0.15) is 0 Å². The number of H-pyrrole nitrogens is 1. The number of aromatic nitrogens is 5. The molecule has 0 bridgehead atoms. The van der Waals surface area contributed by atoms with Gasteiger partial charge in [-0.05, 0) is 52.1 Å². The third-order valence-electron chi connectivity index (χ3n) is 7.34. The summed E-state index contributed by atoms with van der Waals surface area (Å²) < 4.78 is 18.0. The molecule has 38 heavy (non-hydrogen) atoms. The maximum Gasteiger partial charge on any atom is 0.253 e. The number of methoxy groups -OCH3 is 1. The van der Waals surface area contributed by atoms with Gasteiger partial charge in [0.25, 0.3) is 5.56 Å². The van der Waals surface area contributed by atoms with Crippen molar-refractivity contribution in [2.24, 2.45) is 0 Å². The number of fused-ring (bicyclic) bond motifs is 2. The van der Waals surface area contributed by atoms with Crippen LogP contribution in [0.4, 0.5) is 0 Å². The van der Waals surface area contributed by atoms with Gasteiger partial charge in [-0.25, -0.2) is 4.68 Å². The first-order chi connectivity index (χ1) is 18.6. The van der Waals surface area contributed by atoms with Crippen molar-refractivity contribution in [1.82, 2.24) is 35.0 Å². The number of piperazine rings is 1. The molecule has 11 heteroatoms. The number of ether oxygens (including phenoxy) is 3. The van der Waals surface area contributed by atoms with Gasteiger partial charge in [-0.3, -0.25) is 14.6 Å². The highest BCUT2D eigenvalue weighted by Crippen LogP contribution is 2.33. The lowest BCUT2D eigenvalue weighted by Crippen LogP contribution is -2.48. The van der Waals surface area contributed by atoms with Crippen molar-refractivity contribution in [2.45, 2.75) is 26.1 Å². The fraction of sp³-hybridized carbons (Fsp3) is 0.407. The van der Waals surface area contributed by atoms with Crippen LogP contribution in [-0.2, 0) is 17.8 Å². The number of benzene rings is 2. The fourth-order valence-electron chi connectivity index (χ4n) is 5.32. The number of para-hydroxylation sites is 1. The predicted molar refractivity (Wildman–Crippen MR) is 140 cm³/mol. The molecule has 11 nitrogen and oxygen atoms in total. The van der Waals surface area contributed by atoms with Crippen LogP contribution in [0.1, 0.15) is 28.6 Å². The number of rotatable bonds is 8. The standard InChI is InChI=1S/C27H31N7O4/c1-18-4-3-5-20-15-21(27(35)28-24(18)20)25(26-29-30-31-34(26)12-13-36-2)33-10-8-32(9-11-33)16-19-6-7-22-23(14-19)38-17-37-22/h3-7,14-15,25H,8-13,16-17H2,1-2H3,(H,28,35). The second kappa shape index (κ2) is 10.5. The number of tetrazole rings is 1. The zero-order valence-corrected chi connectivity index (χ0v) is 21.6. The van der Waals surface area contributed by atoms with Crippen LogP contribution in [0.15, 0.2) is 47.3 Å². The Morgan fingerprint density at radius 2 is 1.92 bits per heavy atom. The van der Waals surface area contributed by atoms with Crippen LogP contribution in [0.5, 0.6) is 11.5 Å². The molecule has 4 heterocycles. The van der Waals surface area contributed by atoms with E-state index in [1.807, 2.05) is 37.3 Å². The van der Waals surface area contributed by atoms with Gasteiger partial charge in [0.05, 0.1) is 18.7 Å². The van der Waals surface area contributed by atoms with E-state index in [0.29, 0.717) is 24.5 Å². The van der Waals surface area contributed by atoms with Crippen LogP contribution in [0, 0.1) is 6.92 Å². The maximum atomic E-state index is 13.5. The highest BCUT2D eigenvalue weighted by Gasteiger charge is 2.33. The van der Waals surface area contributed by atoms with E-state index in [0.717, 1.165) is 60.7 Å². The van der Waals surface area contributed by atoms with Crippen molar-refractivity contribution in [3.8, 4) is 11.5 Å². The summed E-state index contributed by atoms with van der Waals surface area (Å²) in [7, 11) is 1.65. The summed E-state index contributed by atoms with van der Waals surface area (Å²) in [5, 5.41) is 13.5. The Balaban J connectivity index is 1.28. The maximum absolute atomic E-state index is 13.5. The Hall–Kier alpha value is -3.80. The van der Waals surface area contributed by atoms with E-state index in [2.05, 4.69) is 42.4 Å². The van der Waals surface area contributed by atoms with Crippen LogP contribution in [0.2, 0.25) is 0 Å². The smallest absolute Gasteiger partial charge is 0.253 e. The second-order valence-corrected chi connectivity index (χ2v) is 9.75. The van der Waals surface area contributed by atoms with Crippen LogP contribution >= 0.6 is 0 Å². The first-order valence-corrected chi connectivity index (χ1v) is 12.8. The highest BCUT2D eigenvalue weighted by atomic mass is 16.7. The molecular formula is C27H31N7O4. The molecule has 1 unspecified atom stereocenters. The normalized spacial score (nSPS) is 16.8. The molecule has 4 aromatic rings. The zero-order chi connectivity index (χ0) is 26.1. The van der Waals surface area contributed by atoms with E-state index in [4.69, 9.17) is 14.2 Å². The monoisotopic (exact) mass is 517 g/mol. The molecule has 0 aliphatic carbocycles. The Morgan fingerprint density at radius 1 is 1.08 bits per heavy atom. The summed E-state index contributed by atoms with van der Waals surface area (Å²) in [4.78, 5) is 21.3. The van der Waals surface area contributed by atoms with Gasteiger partial charge in [0, 0.05) is 45.4 Å². The van der Waals surface area contributed by atoms with E-state index in [1.165, 1.54) is 5.56 Å². The first-order valence-electron chi connectivity index (χ1n) is 12.8. The van der Waals surface area contributed by atoms with Gasteiger partial charge in [0.2, 0.25) is 6.79 Å². The topological polar surface area (TPSA) is 111 Å². The molecule has 2 aromatic carbocycles. The molecule has 0 saturated carbocycles. The molecule has 198 valence electrons. The Kier molecular flexibility index (Phi) is 6.79. The number of pyridine rings is 1. The quantitative estimate of drug-likeness (QED) is 0.376.